The van der Waals surface area contributed by atoms with Gasteiger partial charge in [0.05, 0.1) is 17.5 Å². The van der Waals surface area contributed by atoms with E-state index in [0.29, 0.717) is 10.6 Å². The molecule has 31 heavy (non-hydrogen) atoms. The van der Waals surface area contributed by atoms with Crippen molar-refractivity contribution in [3.63, 3.8) is 0 Å². The number of amides is 1. The van der Waals surface area contributed by atoms with Crippen LogP contribution in [0.2, 0.25) is 5.02 Å². The minimum atomic E-state index is -4.00. The van der Waals surface area contributed by atoms with Crippen molar-refractivity contribution in [3.05, 3.63) is 101 Å². The third-order valence-electron chi connectivity index (χ3n) is 4.72. The second-order valence-electron chi connectivity index (χ2n) is 7.05. The highest BCUT2D eigenvalue weighted by Crippen LogP contribution is 2.21. The van der Waals surface area contributed by atoms with Gasteiger partial charge in [-0.3, -0.25) is 4.79 Å². The van der Waals surface area contributed by atoms with Crippen LogP contribution in [-0.4, -0.2) is 25.2 Å². The average Bonchev–Trinajstić information content (AvgIpc) is 2.75. The predicted octanol–water partition coefficient (Wildman–Crippen LogP) is 4.55. The van der Waals surface area contributed by atoms with Crippen LogP contribution in [-0.2, 0) is 21.4 Å². The molecule has 0 saturated heterocycles. The van der Waals surface area contributed by atoms with Gasteiger partial charge in [-0.25, -0.2) is 12.8 Å². The topological polar surface area (TPSA) is 66.5 Å². The Morgan fingerprint density at radius 2 is 1.61 bits per heavy atom. The van der Waals surface area contributed by atoms with Gasteiger partial charge in [0.15, 0.2) is 0 Å². The number of hydrogen-bond donors (Lipinski definition) is 1. The minimum absolute atomic E-state index is 0.0166. The third-order valence-corrected chi connectivity index (χ3v) is 6.78. The average molecular weight is 461 g/mol. The molecule has 3 aromatic carbocycles. The summed E-state index contributed by atoms with van der Waals surface area (Å²) in [6.45, 7) is 1.35. The second-order valence-corrected chi connectivity index (χ2v) is 9.43. The lowest BCUT2D eigenvalue weighted by molar-refractivity contribution is -0.122. The fourth-order valence-electron chi connectivity index (χ4n) is 3.05. The summed E-state index contributed by atoms with van der Waals surface area (Å²) < 4.78 is 40.8. The fourth-order valence-corrected chi connectivity index (χ4v) is 4.56. The van der Waals surface area contributed by atoms with Crippen molar-refractivity contribution in [3.8, 4) is 0 Å². The molecule has 0 aliphatic heterocycles. The first-order valence-corrected chi connectivity index (χ1v) is 11.4. The molecule has 1 N–H and O–H groups in total. The second kappa shape index (κ2) is 10.0. The van der Waals surface area contributed by atoms with Gasteiger partial charge in [0.1, 0.15) is 5.82 Å². The Hall–Kier alpha value is -2.74. The van der Waals surface area contributed by atoms with Gasteiger partial charge >= 0.3 is 0 Å². The zero-order valence-corrected chi connectivity index (χ0v) is 18.4. The molecule has 0 radical (unpaired) electrons. The van der Waals surface area contributed by atoms with Crippen LogP contribution in [0.4, 0.5) is 4.39 Å². The number of rotatable bonds is 8. The van der Waals surface area contributed by atoms with E-state index in [0.717, 1.165) is 9.87 Å². The van der Waals surface area contributed by atoms with E-state index in [-0.39, 0.29) is 24.0 Å². The van der Waals surface area contributed by atoms with Crippen LogP contribution in [0.3, 0.4) is 0 Å². The van der Waals surface area contributed by atoms with Crippen LogP contribution in [0.5, 0.6) is 0 Å². The summed E-state index contributed by atoms with van der Waals surface area (Å²) >= 11 is 5.88. The number of nitrogens with one attached hydrogen (secondary N) is 1. The van der Waals surface area contributed by atoms with E-state index >= 15 is 0 Å². The van der Waals surface area contributed by atoms with Gasteiger partial charge in [0.25, 0.3) is 0 Å². The van der Waals surface area contributed by atoms with Crippen LogP contribution in [0.15, 0.2) is 83.8 Å². The Morgan fingerprint density at radius 1 is 1.00 bits per heavy atom. The molecule has 8 heteroatoms. The molecule has 5 nitrogen and oxygen atoms in total. The molecule has 0 heterocycles. The monoisotopic (exact) mass is 460 g/mol. The Morgan fingerprint density at radius 3 is 2.23 bits per heavy atom. The summed E-state index contributed by atoms with van der Waals surface area (Å²) in [6.07, 6.45) is 0. The first kappa shape index (κ1) is 22.9. The van der Waals surface area contributed by atoms with Gasteiger partial charge in [-0.1, -0.05) is 54.1 Å². The number of halogens is 2. The zero-order valence-electron chi connectivity index (χ0n) is 16.8. The minimum Gasteiger partial charge on any atom is -0.348 e. The summed E-state index contributed by atoms with van der Waals surface area (Å²) in [4.78, 5) is 12.7. The van der Waals surface area contributed by atoms with E-state index in [1.807, 2.05) is 37.3 Å². The number of benzene rings is 3. The molecular weight excluding hydrogens is 439 g/mol. The maximum atomic E-state index is 13.3. The normalized spacial score (nSPS) is 12.5. The van der Waals surface area contributed by atoms with Crippen molar-refractivity contribution in [2.24, 2.45) is 0 Å². The van der Waals surface area contributed by atoms with Gasteiger partial charge in [0, 0.05) is 11.6 Å². The predicted molar refractivity (Wildman–Crippen MR) is 118 cm³/mol. The van der Waals surface area contributed by atoms with Crippen molar-refractivity contribution in [1.29, 1.82) is 0 Å². The number of nitrogens with zero attached hydrogens (tertiary/aromatic N) is 1. The fraction of sp³-hybridized carbons (Fsp3) is 0.174. The number of carbonyl (C=O) groups excluding carboxylic acids is 1. The zero-order chi connectivity index (χ0) is 22.4. The molecule has 0 spiro atoms. The van der Waals surface area contributed by atoms with Crippen molar-refractivity contribution in [1.82, 2.24) is 9.62 Å². The van der Waals surface area contributed by atoms with Gasteiger partial charge < -0.3 is 5.32 Å². The Balaban J connectivity index is 1.83. The molecule has 1 atom stereocenters. The molecular formula is C23H22ClFN2O3S. The summed E-state index contributed by atoms with van der Waals surface area (Å²) in [7, 11) is -4.00. The molecule has 162 valence electrons. The van der Waals surface area contributed by atoms with E-state index in [9.17, 15) is 17.6 Å². The first-order chi connectivity index (χ1) is 14.8. The summed E-state index contributed by atoms with van der Waals surface area (Å²) in [5.41, 5.74) is 1.46. The maximum Gasteiger partial charge on any atom is 0.243 e. The van der Waals surface area contributed by atoms with Crippen LogP contribution in [0.1, 0.15) is 24.1 Å². The van der Waals surface area contributed by atoms with Crippen LogP contribution < -0.4 is 5.32 Å². The summed E-state index contributed by atoms with van der Waals surface area (Å²) in [5.74, 6) is -0.874. The lowest BCUT2D eigenvalue weighted by Gasteiger charge is -2.23. The molecule has 0 unspecified atom stereocenters. The Kier molecular flexibility index (Phi) is 7.43. The van der Waals surface area contributed by atoms with Gasteiger partial charge in [0.2, 0.25) is 15.9 Å². The van der Waals surface area contributed by atoms with Crippen LogP contribution >= 0.6 is 11.6 Å². The summed E-state index contributed by atoms with van der Waals surface area (Å²) in [6, 6.07) is 20.3. The standard InChI is InChI=1S/C23H22ClFN2O3S/c1-17(19-5-3-2-4-6-19)26-23(28)16-27(15-18-7-11-21(25)12-8-18)31(29,30)22-13-9-20(24)10-14-22/h2-14,17H,15-16H2,1H3,(H,26,28)/t17-/m1/s1. The molecule has 0 saturated carbocycles. The molecule has 0 aromatic heterocycles. The SMILES string of the molecule is C[C@@H](NC(=O)CN(Cc1ccc(F)cc1)S(=O)(=O)c1ccc(Cl)cc1)c1ccccc1. The van der Waals surface area contributed by atoms with Crippen LogP contribution in [0.25, 0.3) is 0 Å². The van der Waals surface area contributed by atoms with Gasteiger partial charge in [-0.05, 0) is 54.4 Å². The molecule has 1 amide bonds. The number of sulfonamides is 1. The van der Waals surface area contributed by atoms with E-state index in [4.69, 9.17) is 11.6 Å². The molecule has 0 fully saturated rings. The van der Waals surface area contributed by atoms with Gasteiger partial charge in [-0.15, -0.1) is 0 Å². The Labute approximate surface area is 186 Å². The number of carbonyl (C=O) groups is 1. The highest BCUT2D eigenvalue weighted by molar-refractivity contribution is 7.89. The molecule has 0 aliphatic rings. The van der Waals surface area contributed by atoms with E-state index < -0.39 is 21.7 Å². The highest BCUT2D eigenvalue weighted by Gasteiger charge is 2.27. The largest absolute Gasteiger partial charge is 0.348 e. The third kappa shape index (κ3) is 6.13. The van der Waals surface area contributed by atoms with Crippen molar-refractivity contribution in [2.45, 2.75) is 24.4 Å². The first-order valence-electron chi connectivity index (χ1n) is 9.60. The molecule has 3 aromatic rings. The van der Waals surface area contributed by atoms with E-state index in [2.05, 4.69) is 5.32 Å². The van der Waals surface area contributed by atoms with Crippen molar-refractivity contribution in [2.75, 3.05) is 6.54 Å². The number of hydrogen-bond acceptors (Lipinski definition) is 3. The van der Waals surface area contributed by atoms with E-state index in [1.54, 1.807) is 0 Å². The molecule has 0 aliphatic carbocycles. The molecule has 0 bridgehead atoms. The van der Waals surface area contributed by atoms with Gasteiger partial charge in [-0.2, -0.15) is 4.31 Å². The van der Waals surface area contributed by atoms with Crippen molar-refractivity contribution < 1.29 is 17.6 Å². The highest BCUT2D eigenvalue weighted by atomic mass is 35.5. The van der Waals surface area contributed by atoms with E-state index in [1.165, 1.54) is 48.5 Å². The lowest BCUT2D eigenvalue weighted by Crippen LogP contribution is -2.41. The lowest BCUT2D eigenvalue weighted by atomic mass is 10.1. The Bertz CT molecular complexity index is 1120. The maximum absolute atomic E-state index is 13.3. The summed E-state index contributed by atoms with van der Waals surface area (Å²) in [5, 5.41) is 3.23. The van der Waals surface area contributed by atoms with Crippen LogP contribution in [0, 0.1) is 5.82 Å². The van der Waals surface area contributed by atoms with Crippen molar-refractivity contribution >= 4 is 27.5 Å². The molecule has 3 rings (SSSR count). The smallest absolute Gasteiger partial charge is 0.243 e. The quantitative estimate of drug-likeness (QED) is 0.536.